The van der Waals surface area contributed by atoms with Gasteiger partial charge in [-0.15, -0.1) is 0 Å². The van der Waals surface area contributed by atoms with Crippen LogP contribution < -0.4 is 5.32 Å². The standard InChI is InChI=1S/C17H27N3/c1-4-6-9-14(5-2)12-16(18-3)15-13-19-20-11-8-7-10-17(15)20/h7-8,10-11,13-14,16,18H,4-6,9,12H2,1-3H3. The van der Waals surface area contributed by atoms with E-state index in [1.807, 2.05) is 23.0 Å². The maximum atomic E-state index is 4.46. The first-order valence-corrected chi connectivity index (χ1v) is 7.89. The van der Waals surface area contributed by atoms with Gasteiger partial charge in [-0.3, -0.25) is 0 Å². The highest BCUT2D eigenvalue weighted by atomic mass is 15.2. The molecule has 0 spiro atoms. The average Bonchev–Trinajstić information content (AvgIpc) is 2.92. The van der Waals surface area contributed by atoms with Crippen molar-refractivity contribution in [3.63, 3.8) is 0 Å². The van der Waals surface area contributed by atoms with E-state index in [9.17, 15) is 0 Å². The summed E-state index contributed by atoms with van der Waals surface area (Å²) >= 11 is 0. The van der Waals surface area contributed by atoms with Gasteiger partial charge in [-0.05, 0) is 31.5 Å². The zero-order valence-electron chi connectivity index (χ0n) is 13.0. The first kappa shape index (κ1) is 15.0. The van der Waals surface area contributed by atoms with Crippen molar-refractivity contribution in [2.24, 2.45) is 5.92 Å². The highest BCUT2D eigenvalue weighted by Gasteiger charge is 2.18. The number of aromatic nitrogens is 2. The van der Waals surface area contributed by atoms with Gasteiger partial charge in [0.1, 0.15) is 0 Å². The zero-order chi connectivity index (χ0) is 14.4. The summed E-state index contributed by atoms with van der Waals surface area (Å²) in [6.45, 7) is 4.58. The smallest absolute Gasteiger partial charge is 0.0709 e. The van der Waals surface area contributed by atoms with Crippen LogP contribution in [0.5, 0.6) is 0 Å². The molecular formula is C17H27N3. The van der Waals surface area contributed by atoms with Crippen molar-refractivity contribution in [1.29, 1.82) is 0 Å². The van der Waals surface area contributed by atoms with E-state index >= 15 is 0 Å². The van der Waals surface area contributed by atoms with Crippen molar-refractivity contribution in [3.05, 3.63) is 36.2 Å². The number of fused-ring (bicyclic) bond motifs is 1. The lowest BCUT2D eigenvalue weighted by molar-refractivity contribution is 0.366. The van der Waals surface area contributed by atoms with E-state index in [2.05, 4.69) is 43.4 Å². The van der Waals surface area contributed by atoms with Crippen molar-refractivity contribution in [1.82, 2.24) is 14.9 Å². The molecule has 110 valence electrons. The van der Waals surface area contributed by atoms with Crippen LogP contribution in [0.4, 0.5) is 0 Å². The summed E-state index contributed by atoms with van der Waals surface area (Å²) < 4.78 is 1.96. The molecule has 3 heteroatoms. The number of hydrogen-bond acceptors (Lipinski definition) is 2. The normalized spacial score (nSPS) is 14.6. The Hall–Kier alpha value is -1.35. The lowest BCUT2D eigenvalue weighted by Gasteiger charge is -2.22. The van der Waals surface area contributed by atoms with Gasteiger partial charge in [0.05, 0.1) is 11.7 Å². The molecular weight excluding hydrogens is 246 g/mol. The van der Waals surface area contributed by atoms with Gasteiger partial charge in [-0.25, -0.2) is 4.52 Å². The van der Waals surface area contributed by atoms with Crippen molar-refractivity contribution in [3.8, 4) is 0 Å². The molecule has 0 aliphatic carbocycles. The van der Waals surface area contributed by atoms with Crippen molar-refractivity contribution in [2.75, 3.05) is 7.05 Å². The van der Waals surface area contributed by atoms with E-state index in [0.29, 0.717) is 6.04 Å². The minimum Gasteiger partial charge on any atom is -0.313 e. The van der Waals surface area contributed by atoms with Crippen LogP contribution in [0.3, 0.4) is 0 Å². The second-order valence-corrected chi connectivity index (χ2v) is 5.62. The van der Waals surface area contributed by atoms with Gasteiger partial charge < -0.3 is 5.32 Å². The van der Waals surface area contributed by atoms with E-state index in [-0.39, 0.29) is 0 Å². The molecule has 0 saturated carbocycles. The van der Waals surface area contributed by atoms with E-state index in [1.165, 1.54) is 43.2 Å². The van der Waals surface area contributed by atoms with Crippen LogP contribution in [0.1, 0.15) is 57.6 Å². The van der Waals surface area contributed by atoms with Crippen LogP contribution in [0.2, 0.25) is 0 Å². The minimum absolute atomic E-state index is 0.400. The minimum atomic E-state index is 0.400. The summed E-state index contributed by atoms with van der Waals surface area (Å²) in [6, 6.07) is 6.66. The van der Waals surface area contributed by atoms with Crippen molar-refractivity contribution >= 4 is 5.52 Å². The molecule has 3 nitrogen and oxygen atoms in total. The zero-order valence-corrected chi connectivity index (χ0v) is 13.0. The van der Waals surface area contributed by atoms with Crippen LogP contribution in [0, 0.1) is 5.92 Å². The van der Waals surface area contributed by atoms with E-state index in [1.54, 1.807) is 0 Å². The molecule has 0 radical (unpaired) electrons. The quantitative estimate of drug-likeness (QED) is 0.781. The van der Waals surface area contributed by atoms with Crippen LogP contribution >= 0.6 is 0 Å². The Balaban J connectivity index is 2.15. The summed E-state index contributed by atoms with van der Waals surface area (Å²) in [5.74, 6) is 0.797. The third-order valence-corrected chi connectivity index (χ3v) is 4.29. The first-order chi connectivity index (χ1) is 9.80. The van der Waals surface area contributed by atoms with Gasteiger partial charge in [0.15, 0.2) is 0 Å². The Bertz CT molecular complexity index is 518. The Morgan fingerprint density at radius 3 is 2.85 bits per heavy atom. The number of rotatable bonds is 8. The summed E-state index contributed by atoms with van der Waals surface area (Å²) in [5, 5.41) is 7.94. The SMILES string of the molecule is CCCCC(CC)CC(NC)c1cnn2ccccc12. The molecule has 0 saturated heterocycles. The van der Waals surface area contributed by atoms with Crippen LogP contribution in [0.15, 0.2) is 30.6 Å². The summed E-state index contributed by atoms with van der Waals surface area (Å²) in [5.41, 5.74) is 2.54. The van der Waals surface area contributed by atoms with Crippen LogP contribution in [-0.2, 0) is 0 Å². The molecule has 2 rings (SSSR count). The Morgan fingerprint density at radius 2 is 2.15 bits per heavy atom. The maximum Gasteiger partial charge on any atom is 0.0709 e. The number of nitrogens with one attached hydrogen (secondary N) is 1. The second kappa shape index (κ2) is 7.44. The average molecular weight is 273 g/mol. The lowest BCUT2D eigenvalue weighted by Crippen LogP contribution is -2.19. The van der Waals surface area contributed by atoms with Gasteiger partial charge in [0.2, 0.25) is 0 Å². The van der Waals surface area contributed by atoms with Crippen LogP contribution in [-0.4, -0.2) is 16.7 Å². The highest BCUT2D eigenvalue weighted by Crippen LogP contribution is 2.28. The Labute approximate surface area is 122 Å². The molecule has 0 bridgehead atoms. The molecule has 0 aromatic carbocycles. The topological polar surface area (TPSA) is 29.3 Å². The summed E-state index contributed by atoms with van der Waals surface area (Å²) in [4.78, 5) is 0. The monoisotopic (exact) mass is 273 g/mol. The lowest BCUT2D eigenvalue weighted by atomic mass is 9.89. The van der Waals surface area contributed by atoms with Gasteiger partial charge in [0, 0.05) is 17.8 Å². The largest absolute Gasteiger partial charge is 0.313 e. The Kier molecular flexibility index (Phi) is 5.60. The fourth-order valence-electron chi connectivity index (χ4n) is 2.94. The molecule has 2 aromatic heterocycles. The van der Waals surface area contributed by atoms with E-state index < -0.39 is 0 Å². The highest BCUT2D eigenvalue weighted by molar-refractivity contribution is 5.54. The third kappa shape index (κ3) is 3.40. The predicted octanol–water partition coefficient (Wildman–Crippen LogP) is 4.20. The number of hydrogen-bond donors (Lipinski definition) is 1. The molecule has 0 amide bonds. The third-order valence-electron chi connectivity index (χ3n) is 4.29. The first-order valence-electron chi connectivity index (χ1n) is 7.89. The van der Waals surface area contributed by atoms with Gasteiger partial charge in [-0.2, -0.15) is 5.10 Å². The van der Waals surface area contributed by atoms with Crippen molar-refractivity contribution in [2.45, 2.75) is 52.0 Å². The fraction of sp³-hybridized carbons (Fsp3) is 0.588. The van der Waals surface area contributed by atoms with Gasteiger partial charge >= 0.3 is 0 Å². The van der Waals surface area contributed by atoms with Gasteiger partial charge in [-0.1, -0.05) is 45.6 Å². The molecule has 1 N–H and O–H groups in total. The molecule has 2 atom stereocenters. The molecule has 2 heterocycles. The maximum absolute atomic E-state index is 4.46. The molecule has 20 heavy (non-hydrogen) atoms. The predicted molar refractivity (Wildman–Crippen MR) is 84.9 cm³/mol. The fourth-order valence-corrected chi connectivity index (χ4v) is 2.94. The molecule has 0 fully saturated rings. The number of pyridine rings is 1. The number of unbranched alkanes of at least 4 members (excludes halogenated alkanes) is 1. The van der Waals surface area contributed by atoms with Crippen LogP contribution in [0.25, 0.3) is 5.52 Å². The van der Waals surface area contributed by atoms with Gasteiger partial charge in [0.25, 0.3) is 0 Å². The molecule has 2 aromatic rings. The van der Waals surface area contributed by atoms with Crippen molar-refractivity contribution < 1.29 is 0 Å². The molecule has 0 aliphatic heterocycles. The second-order valence-electron chi connectivity index (χ2n) is 5.62. The number of nitrogens with zero attached hydrogens (tertiary/aromatic N) is 2. The molecule has 0 aliphatic rings. The Morgan fingerprint density at radius 1 is 1.30 bits per heavy atom. The molecule has 2 unspecified atom stereocenters. The summed E-state index contributed by atoms with van der Waals surface area (Å²) in [6.07, 6.45) is 10.5. The van der Waals surface area contributed by atoms with E-state index in [0.717, 1.165) is 5.92 Å². The summed E-state index contributed by atoms with van der Waals surface area (Å²) in [7, 11) is 2.06. The van der Waals surface area contributed by atoms with E-state index in [4.69, 9.17) is 0 Å².